The van der Waals surface area contributed by atoms with E-state index in [0.29, 0.717) is 29.5 Å². The molecule has 0 spiro atoms. The lowest BCUT2D eigenvalue weighted by Crippen LogP contribution is -2.62. The lowest BCUT2D eigenvalue weighted by molar-refractivity contribution is -0.121. The van der Waals surface area contributed by atoms with Crippen LogP contribution in [0.3, 0.4) is 0 Å². The second-order valence-corrected chi connectivity index (χ2v) is 8.65. The fraction of sp³-hybridized carbons (Fsp3) is 0.667. The average molecular weight is 460 g/mol. The van der Waals surface area contributed by atoms with Crippen LogP contribution in [0.4, 0.5) is 5.69 Å². The molecule has 0 radical (unpaired) electrons. The van der Waals surface area contributed by atoms with Gasteiger partial charge >= 0.3 is 0 Å². The first kappa shape index (κ1) is 23.1. The second kappa shape index (κ2) is 10.7. The van der Waals surface area contributed by atoms with Gasteiger partial charge in [-0.3, -0.25) is 20.4 Å². The third-order valence-electron chi connectivity index (χ3n) is 5.33. The minimum atomic E-state index is -1.26. The summed E-state index contributed by atoms with van der Waals surface area (Å²) >= 11 is 12.4. The SMILES string of the molecule is CN1CCC(Oc2c(Cl)cncc2NC(=O)C(C(N)N=O)C2NCC(Cl)CN2)CC1. The molecule has 1 aromatic rings. The molecule has 0 bridgehead atoms. The number of alkyl halides is 1. The molecule has 1 aromatic heterocycles. The molecule has 2 unspecified atom stereocenters. The number of anilines is 1. The smallest absolute Gasteiger partial charge is 0.234 e. The predicted octanol–water partition coefficient (Wildman–Crippen LogP) is 0.940. The van der Waals surface area contributed by atoms with Crippen LogP contribution in [-0.2, 0) is 4.79 Å². The van der Waals surface area contributed by atoms with Gasteiger partial charge in [0.25, 0.3) is 0 Å². The van der Waals surface area contributed by atoms with Gasteiger partial charge in [-0.05, 0) is 19.9 Å². The molecular weight excluding hydrogens is 433 g/mol. The first-order valence-electron chi connectivity index (χ1n) is 9.87. The molecule has 30 heavy (non-hydrogen) atoms. The molecule has 3 heterocycles. The number of nitrogens with zero attached hydrogens (tertiary/aromatic N) is 3. The summed E-state index contributed by atoms with van der Waals surface area (Å²) in [5.74, 6) is -1.12. The maximum absolute atomic E-state index is 13.1. The van der Waals surface area contributed by atoms with E-state index in [1.54, 1.807) is 0 Å². The first-order valence-corrected chi connectivity index (χ1v) is 10.7. The molecule has 0 saturated carbocycles. The molecule has 5 N–H and O–H groups in total. The number of aromatic nitrogens is 1. The standard InChI is InChI=1S/C18H27Cl2N7O3/c1-27-4-2-11(3-5-27)30-15-12(20)8-22-9-13(15)25-18(28)14(16(21)26-29)17-23-6-10(19)7-24-17/h8-11,14,16-17,23-24H,2-7,21H2,1H3,(H,25,28). The number of pyridine rings is 1. The van der Waals surface area contributed by atoms with Crippen LogP contribution >= 0.6 is 23.2 Å². The highest BCUT2D eigenvalue weighted by Gasteiger charge is 2.37. The molecule has 10 nitrogen and oxygen atoms in total. The van der Waals surface area contributed by atoms with E-state index in [9.17, 15) is 9.70 Å². The van der Waals surface area contributed by atoms with Gasteiger partial charge in [0.15, 0.2) is 11.9 Å². The summed E-state index contributed by atoms with van der Waals surface area (Å²) < 4.78 is 6.11. The Labute approximate surface area is 185 Å². The fourth-order valence-corrected chi connectivity index (χ4v) is 3.98. The quantitative estimate of drug-likeness (QED) is 0.349. The van der Waals surface area contributed by atoms with Gasteiger partial charge in [-0.15, -0.1) is 16.5 Å². The number of hydrogen-bond acceptors (Lipinski definition) is 9. The lowest BCUT2D eigenvalue weighted by atomic mass is 9.99. The highest BCUT2D eigenvalue weighted by Crippen LogP contribution is 2.34. The van der Waals surface area contributed by atoms with Gasteiger partial charge in [-0.2, -0.15) is 0 Å². The van der Waals surface area contributed by atoms with E-state index in [2.05, 4.69) is 38.1 Å². The molecule has 2 aliphatic rings. The Morgan fingerprint density at radius 2 is 2.03 bits per heavy atom. The summed E-state index contributed by atoms with van der Waals surface area (Å²) in [5, 5.41) is 12.0. The number of nitrogens with two attached hydrogens (primary N) is 1. The summed E-state index contributed by atoms with van der Waals surface area (Å²) in [7, 11) is 2.06. The van der Waals surface area contributed by atoms with Crippen LogP contribution in [0.25, 0.3) is 0 Å². The Bertz CT molecular complexity index is 740. The number of amides is 1. The van der Waals surface area contributed by atoms with Crippen LogP contribution in [0.2, 0.25) is 5.02 Å². The van der Waals surface area contributed by atoms with Crippen LogP contribution in [-0.4, -0.2) is 72.8 Å². The van der Waals surface area contributed by atoms with E-state index < -0.39 is 24.2 Å². The van der Waals surface area contributed by atoms with Gasteiger partial charge in [0.05, 0.1) is 17.7 Å². The van der Waals surface area contributed by atoms with E-state index >= 15 is 0 Å². The number of nitrogens with one attached hydrogen (secondary N) is 3. The van der Waals surface area contributed by atoms with Gasteiger partial charge in [0.2, 0.25) is 5.91 Å². The number of carbonyl (C=O) groups excluding carboxylic acids is 1. The molecule has 166 valence electrons. The topological polar surface area (TPSA) is 134 Å². The van der Waals surface area contributed by atoms with Gasteiger partial charge in [0, 0.05) is 32.4 Å². The van der Waals surface area contributed by atoms with E-state index in [-0.39, 0.29) is 11.5 Å². The molecule has 2 fully saturated rings. The largest absolute Gasteiger partial charge is 0.486 e. The van der Waals surface area contributed by atoms with E-state index in [1.807, 2.05) is 0 Å². The van der Waals surface area contributed by atoms with Crippen molar-refractivity contribution in [3.8, 4) is 5.75 Å². The Balaban J connectivity index is 1.75. The molecule has 2 aliphatic heterocycles. The van der Waals surface area contributed by atoms with E-state index in [4.69, 9.17) is 33.7 Å². The third-order valence-corrected chi connectivity index (χ3v) is 5.91. The summed E-state index contributed by atoms with van der Waals surface area (Å²) in [4.78, 5) is 30.5. The van der Waals surface area contributed by atoms with Gasteiger partial charge < -0.3 is 20.7 Å². The number of ether oxygens (including phenoxy) is 1. The van der Waals surface area contributed by atoms with E-state index in [1.165, 1.54) is 12.4 Å². The highest BCUT2D eigenvalue weighted by molar-refractivity contribution is 6.32. The van der Waals surface area contributed by atoms with Crippen molar-refractivity contribution in [2.45, 2.75) is 36.7 Å². The van der Waals surface area contributed by atoms with Crippen LogP contribution < -0.4 is 26.4 Å². The van der Waals surface area contributed by atoms with Crippen LogP contribution in [0.1, 0.15) is 12.8 Å². The van der Waals surface area contributed by atoms with Crippen molar-refractivity contribution in [2.24, 2.45) is 16.8 Å². The van der Waals surface area contributed by atoms with Crippen molar-refractivity contribution in [1.82, 2.24) is 20.5 Å². The monoisotopic (exact) mass is 459 g/mol. The molecule has 1 amide bonds. The van der Waals surface area contributed by atoms with Gasteiger partial charge in [-0.1, -0.05) is 16.8 Å². The average Bonchev–Trinajstić information content (AvgIpc) is 2.73. The minimum absolute atomic E-state index is 0.0196. The molecule has 0 aromatic carbocycles. The minimum Gasteiger partial charge on any atom is -0.486 e. The number of hydrogen-bond donors (Lipinski definition) is 4. The number of piperidine rings is 1. The van der Waals surface area contributed by atoms with Crippen LogP contribution in [0.5, 0.6) is 5.75 Å². The van der Waals surface area contributed by atoms with Crippen molar-refractivity contribution in [2.75, 3.05) is 38.5 Å². The normalized spacial score (nSPS) is 25.3. The summed E-state index contributed by atoms with van der Waals surface area (Å²) in [6.45, 7) is 2.77. The highest BCUT2D eigenvalue weighted by atomic mass is 35.5. The predicted molar refractivity (Wildman–Crippen MR) is 116 cm³/mol. The molecule has 2 atom stereocenters. The Kier molecular flexibility index (Phi) is 8.20. The Hall–Kier alpha value is -1.56. The zero-order chi connectivity index (χ0) is 21.7. The number of nitroso groups, excluding NO2 is 1. The zero-order valence-corrected chi connectivity index (χ0v) is 18.2. The zero-order valence-electron chi connectivity index (χ0n) is 16.7. The van der Waals surface area contributed by atoms with Crippen molar-refractivity contribution in [3.05, 3.63) is 22.3 Å². The number of carbonyl (C=O) groups is 1. The van der Waals surface area contributed by atoms with Gasteiger partial charge in [-0.25, -0.2) is 0 Å². The number of rotatable bonds is 7. The summed E-state index contributed by atoms with van der Waals surface area (Å²) in [6.07, 6.45) is 2.78. The second-order valence-electron chi connectivity index (χ2n) is 7.62. The van der Waals surface area contributed by atoms with Crippen molar-refractivity contribution in [3.63, 3.8) is 0 Å². The fourth-order valence-electron chi connectivity index (χ4n) is 3.59. The number of likely N-dealkylation sites (tertiary alicyclic amines) is 1. The maximum Gasteiger partial charge on any atom is 0.234 e. The molecule has 12 heteroatoms. The maximum atomic E-state index is 13.1. The Morgan fingerprint density at radius 3 is 2.67 bits per heavy atom. The van der Waals surface area contributed by atoms with E-state index in [0.717, 1.165) is 25.9 Å². The molecular formula is C18H27Cl2N7O3. The Morgan fingerprint density at radius 1 is 1.37 bits per heavy atom. The summed E-state index contributed by atoms with van der Waals surface area (Å²) in [6, 6.07) is 0. The third kappa shape index (κ3) is 5.77. The van der Waals surface area contributed by atoms with Crippen molar-refractivity contribution in [1.29, 1.82) is 0 Å². The molecule has 0 aliphatic carbocycles. The number of halogens is 2. The molecule has 3 rings (SSSR count). The molecule has 2 saturated heterocycles. The van der Waals surface area contributed by atoms with Crippen molar-refractivity contribution >= 4 is 34.8 Å². The summed E-state index contributed by atoms with van der Waals surface area (Å²) in [5.41, 5.74) is 6.16. The first-order chi connectivity index (χ1) is 14.4. The van der Waals surface area contributed by atoms with Crippen LogP contribution in [0.15, 0.2) is 17.6 Å². The lowest BCUT2D eigenvalue weighted by Gasteiger charge is -2.34. The van der Waals surface area contributed by atoms with Crippen LogP contribution in [0, 0.1) is 10.8 Å². The van der Waals surface area contributed by atoms with Gasteiger partial charge in [0.1, 0.15) is 22.7 Å². The van der Waals surface area contributed by atoms with Crippen molar-refractivity contribution < 1.29 is 9.53 Å².